The Morgan fingerprint density at radius 3 is 2.19 bits per heavy atom. The van der Waals surface area contributed by atoms with Crippen LogP contribution in [0, 0.1) is 0 Å². The average molecular weight is 302 g/mol. The minimum Gasteiger partial charge on any atom is -0.310 e. The summed E-state index contributed by atoms with van der Waals surface area (Å²) in [4.78, 5) is 0. The van der Waals surface area contributed by atoms with E-state index < -0.39 is 0 Å². The second kappa shape index (κ2) is 7.11. The molecule has 1 N–H and O–H groups in total. The van der Waals surface area contributed by atoms with Crippen molar-refractivity contribution >= 4 is 11.6 Å². The molecule has 0 saturated carbocycles. The van der Waals surface area contributed by atoms with Gasteiger partial charge < -0.3 is 5.32 Å². The maximum absolute atomic E-state index is 6.19. The Bertz CT molecular complexity index is 585. The normalized spacial score (nSPS) is 11.4. The molecule has 2 aromatic rings. The quantitative estimate of drug-likeness (QED) is 0.755. The number of halogens is 1. The highest BCUT2D eigenvalue weighted by molar-refractivity contribution is 6.30. The molecule has 112 valence electrons. The van der Waals surface area contributed by atoms with Gasteiger partial charge in [-0.25, -0.2) is 0 Å². The summed E-state index contributed by atoms with van der Waals surface area (Å²) in [5.74, 6) is 0.556. The Labute approximate surface area is 133 Å². The number of rotatable bonds is 5. The fraction of sp³-hybridized carbons (Fsp3) is 0.368. The fourth-order valence-corrected chi connectivity index (χ4v) is 2.51. The first-order chi connectivity index (χ1) is 9.97. The summed E-state index contributed by atoms with van der Waals surface area (Å²) in [7, 11) is 0. The van der Waals surface area contributed by atoms with E-state index in [9.17, 15) is 0 Å². The van der Waals surface area contributed by atoms with Gasteiger partial charge in [0.1, 0.15) is 0 Å². The zero-order chi connectivity index (χ0) is 15.4. The van der Waals surface area contributed by atoms with E-state index in [0.717, 1.165) is 11.6 Å². The Morgan fingerprint density at radius 2 is 1.62 bits per heavy atom. The highest BCUT2D eigenvalue weighted by Gasteiger charge is 2.08. The Morgan fingerprint density at radius 1 is 0.952 bits per heavy atom. The molecule has 0 fully saturated rings. The van der Waals surface area contributed by atoms with Gasteiger partial charge in [-0.3, -0.25) is 0 Å². The monoisotopic (exact) mass is 301 g/mol. The number of benzene rings is 2. The first-order valence-corrected chi connectivity index (χ1v) is 7.97. The molecule has 1 nitrogen and oxygen atoms in total. The van der Waals surface area contributed by atoms with Crippen molar-refractivity contribution in [1.82, 2.24) is 5.32 Å². The van der Waals surface area contributed by atoms with Gasteiger partial charge in [-0.2, -0.15) is 0 Å². The van der Waals surface area contributed by atoms with Crippen LogP contribution in [0.1, 0.15) is 44.7 Å². The number of hydrogen-bond acceptors (Lipinski definition) is 1. The molecule has 0 aromatic heterocycles. The molecule has 0 aliphatic carbocycles. The van der Waals surface area contributed by atoms with Crippen LogP contribution in [0.15, 0.2) is 42.5 Å². The summed E-state index contributed by atoms with van der Waals surface area (Å²) in [6.45, 7) is 9.61. The summed E-state index contributed by atoms with van der Waals surface area (Å²) >= 11 is 6.19. The minimum atomic E-state index is 0.469. The zero-order valence-electron chi connectivity index (χ0n) is 13.3. The predicted octanol–water partition coefficient (Wildman–Crippen LogP) is 5.63. The third-order valence-electron chi connectivity index (χ3n) is 3.66. The van der Waals surface area contributed by atoms with Crippen molar-refractivity contribution in [3.05, 3.63) is 58.6 Å². The molecule has 0 heterocycles. The summed E-state index contributed by atoms with van der Waals surface area (Å²) in [5, 5.41) is 4.26. The molecule has 0 aliphatic rings. The van der Waals surface area contributed by atoms with Gasteiger partial charge in [0.05, 0.1) is 0 Å². The molecule has 2 heteroatoms. The van der Waals surface area contributed by atoms with Gasteiger partial charge in [-0.05, 0) is 40.3 Å². The van der Waals surface area contributed by atoms with E-state index in [0.29, 0.717) is 12.0 Å². The smallest absolute Gasteiger partial charge is 0.0412 e. The van der Waals surface area contributed by atoms with E-state index in [-0.39, 0.29) is 0 Å². The molecule has 21 heavy (non-hydrogen) atoms. The highest BCUT2D eigenvalue weighted by atomic mass is 35.5. The standard InChI is InChI=1S/C19H24ClN/c1-13(2)15-5-7-16(8-6-15)19-11-18(20)10-9-17(19)12-21-14(3)4/h5-11,13-14,21H,12H2,1-4H3. The van der Waals surface area contributed by atoms with Gasteiger partial charge in [-0.15, -0.1) is 0 Å². The van der Waals surface area contributed by atoms with Crippen LogP contribution < -0.4 is 5.32 Å². The lowest BCUT2D eigenvalue weighted by atomic mass is 9.96. The average Bonchev–Trinajstić information content (AvgIpc) is 2.46. The second-order valence-corrected chi connectivity index (χ2v) is 6.55. The molecule has 2 rings (SSSR count). The van der Waals surface area contributed by atoms with Crippen LogP contribution in [0.2, 0.25) is 5.02 Å². The molecule has 0 spiro atoms. The first-order valence-electron chi connectivity index (χ1n) is 7.59. The summed E-state index contributed by atoms with van der Waals surface area (Å²) in [6.07, 6.45) is 0. The maximum atomic E-state index is 6.19. The largest absolute Gasteiger partial charge is 0.310 e. The summed E-state index contributed by atoms with van der Waals surface area (Å²) < 4.78 is 0. The molecule has 0 saturated heterocycles. The van der Waals surface area contributed by atoms with Crippen LogP contribution in [0.4, 0.5) is 0 Å². The second-order valence-electron chi connectivity index (χ2n) is 6.11. The Hall–Kier alpha value is -1.31. The first kappa shape index (κ1) is 16.1. The van der Waals surface area contributed by atoms with E-state index in [1.165, 1.54) is 22.3 Å². The Kier molecular flexibility index (Phi) is 5.44. The van der Waals surface area contributed by atoms with Gasteiger partial charge in [0.2, 0.25) is 0 Å². The molecule has 0 unspecified atom stereocenters. The van der Waals surface area contributed by atoms with Crippen LogP contribution in [-0.2, 0) is 6.54 Å². The van der Waals surface area contributed by atoms with Gasteiger partial charge in [0.15, 0.2) is 0 Å². The molecular formula is C19H24ClN. The third-order valence-corrected chi connectivity index (χ3v) is 3.90. The molecule has 0 aliphatic heterocycles. The number of nitrogens with one attached hydrogen (secondary N) is 1. The van der Waals surface area contributed by atoms with Gasteiger partial charge in [0, 0.05) is 17.6 Å². The molecular weight excluding hydrogens is 278 g/mol. The minimum absolute atomic E-state index is 0.469. The van der Waals surface area contributed by atoms with E-state index in [1.807, 2.05) is 6.07 Å². The van der Waals surface area contributed by atoms with Crippen molar-refractivity contribution < 1.29 is 0 Å². The van der Waals surface area contributed by atoms with Crippen molar-refractivity contribution in [3.8, 4) is 11.1 Å². The Balaban J connectivity index is 2.34. The van der Waals surface area contributed by atoms with Crippen molar-refractivity contribution in [2.24, 2.45) is 0 Å². The molecule has 0 bridgehead atoms. The zero-order valence-corrected chi connectivity index (χ0v) is 14.0. The van der Waals surface area contributed by atoms with E-state index in [1.54, 1.807) is 0 Å². The van der Waals surface area contributed by atoms with Crippen molar-refractivity contribution in [2.45, 2.75) is 46.2 Å². The van der Waals surface area contributed by atoms with Crippen LogP contribution >= 0.6 is 11.6 Å². The van der Waals surface area contributed by atoms with E-state index in [2.05, 4.69) is 69.4 Å². The van der Waals surface area contributed by atoms with Crippen molar-refractivity contribution in [3.63, 3.8) is 0 Å². The van der Waals surface area contributed by atoms with Crippen molar-refractivity contribution in [1.29, 1.82) is 0 Å². The van der Waals surface area contributed by atoms with Crippen LogP contribution in [0.25, 0.3) is 11.1 Å². The van der Waals surface area contributed by atoms with Gasteiger partial charge >= 0.3 is 0 Å². The van der Waals surface area contributed by atoms with Crippen LogP contribution in [-0.4, -0.2) is 6.04 Å². The number of hydrogen-bond donors (Lipinski definition) is 1. The lowest BCUT2D eigenvalue weighted by Gasteiger charge is -2.14. The SMILES string of the molecule is CC(C)NCc1ccc(Cl)cc1-c1ccc(C(C)C)cc1. The van der Waals surface area contributed by atoms with Gasteiger partial charge in [-0.1, -0.05) is 69.6 Å². The van der Waals surface area contributed by atoms with Crippen LogP contribution in [0.3, 0.4) is 0 Å². The lowest BCUT2D eigenvalue weighted by Crippen LogP contribution is -2.22. The summed E-state index contributed by atoms with van der Waals surface area (Å²) in [6, 6.07) is 15.4. The van der Waals surface area contributed by atoms with Crippen LogP contribution in [0.5, 0.6) is 0 Å². The third kappa shape index (κ3) is 4.33. The van der Waals surface area contributed by atoms with E-state index >= 15 is 0 Å². The predicted molar refractivity (Wildman–Crippen MR) is 93.0 cm³/mol. The maximum Gasteiger partial charge on any atom is 0.0412 e. The van der Waals surface area contributed by atoms with Crippen molar-refractivity contribution in [2.75, 3.05) is 0 Å². The fourth-order valence-electron chi connectivity index (χ4n) is 2.33. The summed E-state index contributed by atoms with van der Waals surface area (Å²) in [5.41, 5.74) is 5.08. The van der Waals surface area contributed by atoms with E-state index in [4.69, 9.17) is 11.6 Å². The molecule has 0 amide bonds. The molecule has 2 aromatic carbocycles. The highest BCUT2D eigenvalue weighted by Crippen LogP contribution is 2.28. The lowest BCUT2D eigenvalue weighted by molar-refractivity contribution is 0.589. The topological polar surface area (TPSA) is 12.0 Å². The molecule has 0 atom stereocenters. The van der Waals surface area contributed by atoms with Gasteiger partial charge in [0.25, 0.3) is 0 Å². The molecule has 0 radical (unpaired) electrons.